The topological polar surface area (TPSA) is 59.0 Å². The van der Waals surface area contributed by atoms with Crippen LogP contribution in [0.25, 0.3) is 0 Å². The molecule has 2 atom stereocenters. The largest absolute Gasteiger partial charge is 0.323 e. The number of piperidine rings is 1. The Bertz CT molecular complexity index is 449. The van der Waals surface area contributed by atoms with Gasteiger partial charge in [0.05, 0.1) is 11.4 Å². The normalized spacial score (nSPS) is 20.6. The third-order valence-corrected chi connectivity index (χ3v) is 4.16. The third-order valence-electron chi connectivity index (χ3n) is 4.16. The third kappa shape index (κ3) is 3.82. The van der Waals surface area contributed by atoms with Gasteiger partial charge in [-0.25, -0.2) is 0 Å². The van der Waals surface area contributed by atoms with Crippen molar-refractivity contribution in [2.45, 2.75) is 39.5 Å². The number of aryl methyl sites for hydroxylation is 2. The molecule has 2 rings (SSSR count). The first-order valence-electron chi connectivity index (χ1n) is 7.63. The van der Waals surface area contributed by atoms with Gasteiger partial charge in [0.1, 0.15) is 0 Å². The van der Waals surface area contributed by atoms with E-state index in [0.717, 1.165) is 30.9 Å². The lowest BCUT2D eigenvalue weighted by Crippen LogP contribution is -2.34. The van der Waals surface area contributed by atoms with Crippen LogP contribution in [0.1, 0.15) is 38.8 Å². The Morgan fingerprint density at radius 1 is 1.65 bits per heavy atom. The average Bonchev–Trinajstić information content (AvgIpc) is 2.79. The van der Waals surface area contributed by atoms with E-state index in [1.54, 1.807) is 4.68 Å². The fraction of sp³-hybridized carbons (Fsp3) is 0.733. The molecular formula is C15H26N4O. The lowest BCUT2D eigenvalue weighted by molar-refractivity contribution is -0.117. The molecule has 112 valence electrons. The van der Waals surface area contributed by atoms with Gasteiger partial charge in [-0.05, 0) is 44.2 Å². The molecule has 0 spiro atoms. The Morgan fingerprint density at radius 2 is 2.45 bits per heavy atom. The minimum absolute atomic E-state index is 0.103. The summed E-state index contributed by atoms with van der Waals surface area (Å²) in [6, 6.07) is 0. The van der Waals surface area contributed by atoms with Crippen LogP contribution in [0.2, 0.25) is 0 Å². The summed E-state index contributed by atoms with van der Waals surface area (Å²) < 4.78 is 1.75. The van der Waals surface area contributed by atoms with Crippen molar-refractivity contribution in [3.05, 3.63) is 11.9 Å². The first kappa shape index (κ1) is 15.0. The highest BCUT2D eigenvalue weighted by Crippen LogP contribution is 2.23. The smallest absolute Gasteiger partial charge is 0.224 e. The van der Waals surface area contributed by atoms with Crippen LogP contribution in [0, 0.1) is 11.8 Å². The van der Waals surface area contributed by atoms with Crippen LogP contribution in [0.5, 0.6) is 0 Å². The molecule has 1 fully saturated rings. The van der Waals surface area contributed by atoms with Crippen LogP contribution in [0.15, 0.2) is 6.20 Å². The van der Waals surface area contributed by atoms with E-state index in [1.807, 2.05) is 20.2 Å². The zero-order valence-electron chi connectivity index (χ0n) is 12.8. The maximum absolute atomic E-state index is 12.2. The van der Waals surface area contributed by atoms with Crippen LogP contribution >= 0.6 is 0 Å². The maximum Gasteiger partial charge on any atom is 0.224 e. The Balaban J connectivity index is 1.88. The summed E-state index contributed by atoms with van der Waals surface area (Å²) in [5, 5.41) is 10.8. The lowest BCUT2D eigenvalue weighted by Gasteiger charge is -2.27. The van der Waals surface area contributed by atoms with Gasteiger partial charge in [-0.3, -0.25) is 9.48 Å². The molecule has 2 N–H and O–H groups in total. The van der Waals surface area contributed by atoms with Crippen molar-refractivity contribution in [2.75, 3.05) is 18.4 Å². The van der Waals surface area contributed by atoms with Gasteiger partial charge in [0.2, 0.25) is 5.91 Å². The number of hydrogen-bond donors (Lipinski definition) is 2. The average molecular weight is 278 g/mol. The van der Waals surface area contributed by atoms with E-state index in [9.17, 15) is 4.79 Å². The Labute approximate surface area is 121 Å². The summed E-state index contributed by atoms with van der Waals surface area (Å²) in [6.45, 7) is 6.39. The summed E-state index contributed by atoms with van der Waals surface area (Å²) in [6.07, 6.45) is 5.75. The van der Waals surface area contributed by atoms with Crippen LogP contribution in [-0.4, -0.2) is 28.8 Å². The van der Waals surface area contributed by atoms with Gasteiger partial charge in [-0.1, -0.05) is 13.8 Å². The van der Waals surface area contributed by atoms with Crippen molar-refractivity contribution >= 4 is 11.6 Å². The summed E-state index contributed by atoms with van der Waals surface area (Å²) in [7, 11) is 1.88. The Morgan fingerprint density at radius 3 is 3.10 bits per heavy atom. The van der Waals surface area contributed by atoms with Crippen LogP contribution < -0.4 is 10.6 Å². The summed E-state index contributed by atoms with van der Waals surface area (Å²) in [5.74, 6) is 1.14. The van der Waals surface area contributed by atoms with Crippen molar-refractivity contribution in [1.82, 2.24) is 15.1 Å². The first-order valence-corrected chi connectivity index (χ1v) is 7.63. The molecule has 1 saturated heterocycles. The van der Waals surface area contributed by atoms with Crippen LogP contribution in [-0.2, 0) is 18.3 Å². The number of nitrogens with one attached hydrogen (secondary N) is 2. The fourth-order valence-corrected chi connectivity index (χ4v) is 2.92. The highest BCUT2D eigenvalue weighted by Gasteiger charge is 2.22. The van der Waals surface area contributed by atoms with Gasteiger partial charge in [0.25, 0.3) is 0 Å². The highest BCUT2D eigenvalue weighted by atomic mass is 16.1. The zero-order valence-corrected chi connectivity index (χ0v) is 12.8. The quantitative estimate of drug-likeness (QED) is 0.865. The first-order chi connectivity index (χ1) is 9.60. The molecule has 1 aromatic heterocycles. The molecule has 5 nitrogen and oxygen atoms in total. The number of carbonyl (C=O) groups excluding carboxylic acids is 1. The number of rotatable bonds is 5. The highest BCUT2D eigenvalue weighted by molar-refractivity contribution is 5.91. The van der Waals surface area contributed by atoms with E-state index in [4.69, 9.17) is 0 Å². The van der Waals surface area contributed by atoms with Gasteiger partial charge < -0.3 is 10.6 Å². The molecule has 1 aliphatic heterocycles. The van der Waals surface area contributed by atoms with Crippen molar-refractivity contribution in [3.8, 4) is 0 Å². The molecule has 0 aromatic carbocycles. The molecule has 1 aromatic rings. The summed E-state index contributed by atoms with van der Waals surface area (Å²) in [4.78, 5) is 12.2. The fourth-order valence-electron chi connectivity index (χ4n) is 2.92. The van der Waals surface area contributed by atoms with E-state index >= 15 is 0 Å². The number of hydrogen-bond acceptors (Lipinski definition) is 3. The molecule has 2 heterocycles. The van der Waals surface area contributed by atoms with Gasteiger partial charge in [-0.15, -0.1) is 0 Å². The van der Waals surface area contributed by atoms with E-state index in [2.05, 4.69) is 22.7 Å². The lowest BCUT2D eigenvalue weighted by atomic mass is 9.85. The SMILES string of the molecule is CCc1nn(C)cc1NC(=O)CC(C)C1CCCNC1. The molecule has 20 heavy (non-hydrogen) atoms. The van der Waals surface area contributed by atoms with Crippen LogP contribution in [0.4, 0.5) is 5.69 Å². The minimum atomic E-state index is 0.103. The second-order valence-corrected chi connectivity index (χ2v) is 5.85. The molecule has 0 aliphatic carbocycles. The zero-order chi connectivity index (χ0) is 14.5. The molecule has 0 radical (unpaired) electrons. The van der Waals surface area contributed by atoms with E-state index < -0.39 is 0 Å². The van der Waals surface area contributed by atoms with Gasteiger partial charge in [-0.2, -0.15) is 5.10 Å². The van der Waals surface area contributed by atoms with Crippen molar-refractivity contribution in [1.29, 1.82) is 0 Å². The maximum atomic E-state index is 12.2. The second-order valence-electron chi connectivity index (χ2n) is 5.85. The molecular weight excluding hydrogens is 252 g/mol. The van der Waals surface area contributed by atoms with Gasteiger partial charge in [0.15, 0.2) is 0 Å². The number of aromatic nitrogens is 2. The minimum Gasteiger partial charge on any atom is -0.323 e. The predicted molar refractivity (Wildman–Crippen MR) is 80.6 cm³/mol. The molecule has 1 aliphatic rings. The monoisotopic (exact) mass is 278 g/mol. The number of carbonyl (C=O) groups is 1. The van der Waals surface area contributed by atoms with E-state index in [1.165, 1.54) is 12.8 Å². The van der Waals surface area contributed by atoms with Crippen molar-refractivity contribution in [3.63, 3.8) is 0 Å². The molecule has 0 bridgehead atoms. The Kier molecular flexibility index (Phi) is 5.17. The van der Waals surface area contributed by atoms with Gasteiger partial charge in [0, 0.05) is 19.7 Å². The van der Waals surface area contributed by atoms with E-state index in [-0.39, 0.29) is 5.91 Å². The predicted octanol–water partition coefficient (Wildman–Crippen LogP) is 1.95. The van der Waals surface area contributed by atoms with E-state index in [0.29, 0.717) is 18.3 Å². The van der Waals surface area contributed by atoms with Gasteiger partial charge >= 0.3 is 0 Å². The van der Waals surface area contributed by atoms with Crippen molar-refractivity contribution < 1.29 is 4.79 Å². The molecule has 2 unspecified atom stereocenters. The van der Waals surface area contributed by atoms with Crippen LogP contribution in [0.3, 0.4) is 0 Å². The second kappa shape index (κ2) is 6.88. The van der Waals surface area contributed by atoms with Crippen molar-refractivity contribution in [2.24, 2.45) is 18.9 Å². The molecule has 5 heteroatoms. The standard InChI is InChI=1S/C15H26N4O/c1-4-13-14(10-19(3)18-13)17-15(20)8-11(2)12-6-5-7-16-9-12/h10-12,16H,4-9H2,1-3H3,(H,17,20). The number of nitrogens with zero attached hydrogens (tertiary/aromatic N) is 2. The summed E-state index contributed by atoms with van der Waals surface area (Å²) in [5.41, 5.74) is 1.81. The Hall–Kier alpha value is -1.36. The molecule has 1 amide bonds. The number of anilines is 1. The molecule has 0 saturated carbocycles. The number of amides is 1. The summed E-state index contributed by atoms with van der Waals surface area (Å²) >= 11 is 0.